The molecule has 1 amide bonds. The van der Waals surface area contributed by atoms with E-state index in [0.29, 0.717) is 85.7 Å². The summed E-state index contributed by atoms with van der Waals surface area (Å²) in [4.78, 5) is 78.2. The van der Waals surface area contributed by atoms with Gasteiger partial charge in [-0.2, -0.15) is 0 Å². The number of carbonyl (C=O) groups is 3. The lowest BCUT2D eigenvalue weighted by Gasteiger charge is -2.37. The van der Waals surface area contributed by atoms with E-state index >= 15 is 0 Å². The van der Waals surface area contributed by atoms with Crippen molar-refractivity contribution in [2.45, 2.75) is 82.4 Å². The summed E-state index contributed by atoms with van der Waals surface area (Å²) in [5.41, 5.74) is 3.80. The van der Waals surface area contributed by atoms with Crippen LogP contribution in [0.2, 0.25) is 0 Å². The van der Waals surface area contributed by atoms with Crippen molar-refractivity contribution in [3.8, 4) is 34.6 Å². The van der Waals surface area contributed by atoms with Crippen LogP contribution in [0.15, 0.2) is 101 Å². The first-order valence-electron chi connectivity index (χ1n) is 29.0. The van der Waals surface area contributed by atoms with E-state index in [4.69, 9.17) is 37.9 Å². The van der Waals surface area contributed by atoms with Crippen LogP contribution in [-0.4, -0.2) is 172 Å². The number of aromatic amines is 1. The molecule has 6 heterocycles. The zero-order valence-electron chi connectivity index (χ0n) is 49.7. The number of ether oxygens (including phenoxy) is 8. The molecule has 4 aliphatic rings. The van der Waals surface area contributed by atoms with Crippen LogP contribution in [0.1, 0.15) is 93.8 Å². The Hall–Kier alpha value is -8.37. The van der Waals surface area contributed by atoms with Gasteiger partial charge in [0.25, 0.3) is 11.5 Å². The van der Waals surface area contributed by atoms with Gasteiger partial charge in [-0.25, -0.2) is 19.1 Å². The summed E-state index contributed by atoms with van der Waals surface area (Å²) in [6.07, 6.45) is 3.99. The molecule has 0 radical (unpaired) electrons. The number of hydrogen-bond donors (Lipinski definition) is 2. The molecule has 0 aliphatic carbocycles. The van der Waals surface area contributed by atoms with Crippen LogP contribution in [0.5, 0.6) is 11.5 Å². The molecule has 2 fully saturated rings. The maximum atomic E-state index is 13.8. The third kappa shape index (κ3) is 13.7. The molecular formula is C63H74N10O13. The molecule has 2 unspecified atom stereocenters. The molecular weight excluding hydrogens is 1100 g/mol. The number of nitrogens with zero attached hydrogens (tertiary/aromatic N) is 8. The number of carbonyl (C=O) groups excluding carboxylic acids is 3. The van der Waals surface area contributed by atoms with Crippen LogP contribution in [0.25, 0.3) is 11.3 Å². The molecule has 4 aromatic carbocycles. The van der Waals surface area contributed by atoms with Crippen molar-refractivity contribution in [1.82, 2.24) is 39.7 Å². The fraction of sp³-hybridized carbons (Fsp3) is 0.444. The van der Waals surface area contributed by atoms with Crippen molar-refractivity contribution >= 4 is 29.4 Å². The smallest absolute Gasteiger partial charge is 0.456 e. The summed E-state index contributed by atoms with van der Waals surface area (Å²) >= 11 is 0. The van der Waals surface area contributed by atoms with Crippen LogP contribution in [0.4, 0.5) is 16.2 Å². The number of methoxy groups -OCH3 is 1. The topological polar surface area (TPSA) is 236 Å². The summed E-state index contributed by atoms with van der Waals surface area (Å²) in [6, 6.07) is 24.7. The molecule has 454 valence electrons. The Morgan fingerprint density at radius 1 is 0.860 bits per heavy atom. The number of anilines is 2. The van der Waals surface area contributed by atoms with E-state index in [2.05, 4.69) is 61.4 Å². The molecule has 10 rings (SSSR count). The van der Waals surface area contributed by atoms with E-state index in [1.54, 1.807) is 30.0 Å². The highest BCUT2D eigenvalue weighted by molar-refractivity contribution is 6.01. The first-order valence-corrected chi connectivity index (χ1v) is 29.0. The van der Waals surface area contributed by atoms with Crippen LogP contribution in [-0.2, 0) is 52.0 Å². The molecule has 2 aromatic heterocycles. The van der Waals surface area contributed by atoms with Gasteiger partial charge >= 0.3 is 17.8 Å². The number of hydrogen-bond acceptors (Lipinski definition) is 19. The second kappa shape index (κ2) is 27.3. The number of nitrogens with one attached hydrogen (secondary N) is 2. The average Bonchev–Trinajstić information content (AvgIpc) is 1.46. The number of rotatable bonds is 23. The summed E-state index contributed by atoms with van der Waals surface area (Å²) in [7, 11) is 11.5. The number of amides is 1. The number of H-pyrrole nitrogens is 1. The second-order valence-electron chi connectivity index (χ2n) is 22.2. The zero-order chi connectivity index (χ0) is 60.5. The van der Waals surface area contributed by atoms with Crippen molar-refractivity contribution in [2.24, 2.45) is 0 Å². The molecule has 2 N–H and O–H groups in total. The van der Waals surface area contributed by atoms with Crippen LogP contribution < -0.4 is 31.1 Å². The van der Waals surface area contributed by atoms with Gasteiger partial charge in [0, 0.05) is 125 Å². The standard InChI is InChI=1S/C63H74N10O13/c1-8-53-56(85-62(78)82-27-26-71(38-47-13-9-10-25-70(47)6)36-41-14-16-42(17-15-41)52-39-72(67-66-52)40-81-31-30-80-29-28-79-7)35-57(84-53)73-37-44(59(75)65-61(73)77)12-11-24-64-58(74)43-18-21-48-51(32-43)63(86-60(48)76)49-22-19-45(68(2)3)33-54(49)83-55-34-46(69(4)5)20-23-50(55)63/h14-23,32-34,37,39,47,53,56-57H,8-10,13,24-31,35-36,38,40H2,1-7H3,(H,64,74)(H,65,75,77)/t47?,53-,56?,57-/m1/s1. The van der Waals surface area contributed by atoms with Gasteiger partial charge in [0.05, 0.1) is 50.8 Å². The van der Waals surface area contributed by atoms with Crippen LogP contribution in [0, 0.1) is 11.8 Å². The normalized spacial score (nSPS) is 18.3. The predicted molar refractivity (Wildman–Crippen MR) is 319 cm³/mol. The lowest BCUT2D eigenvalue weighted by atomic mass is 9.77. The fourth-order valence-corrected chi connectivity index (χ4v) is 11.3. The predicted octanol–water partition coefficient (Wildman–Crippen LogP) is 6.12. The Bertz CT molecular complexity index is 3530. The second-order valence-corrected chi connectivity index (χ2v) is 22.2. The maximum absolute atomic E-state index is 13.8. The molecule has 4 aliphatic heterocycles. The molecule has 1 spiro atoms. The van der Waals surface area contributed by atoms with E-state index in [9.17, 15) is 24.0 Å². The molecule has 86 heavy (non-hydrogen) atoms. The molecule has 23 heteroatoms. The molecule has 0 saturated carbocycles. The van der Waals surface area contributed by atoms with Gasteiger partial charge in [-0.3, -0.25) is 24.0 Å². The van der Waals surface area contributed by atoms with Gasteiger partial charge in [0.1, 0.15) is 48.4 Å². The Morgan fingerprint density at radius 3 is 2.30 bits per heavy atom. The average molecular weight is 1180 g/mol. The van der Waals surface area contributed by atoms with Gasteiger partial charge in [0.15, 0.2) is 5.60 Å². The molecule has 4 atom stereocenters. The number of likely N-dealkylation sites (N-methyl/N-ethyl adjacent to an activating group) is 1. The third-order valence-corrected chi connectivity index (χ3v) is 16.0. The number of aromatic nitrogens is 5. The van der Waals surface area contributed by atoms with E-state index in [0.717, 1.165) is 60.5 Å². The summed E-state index contributed by atoms with van der Waals surface area (Å²) in [5.74, 6) is 5.59. The summed E-state index contributed by atoms with van der Waals surface area (Å²) < 4.78 is 49.6. The quantitative estimate of drug-likeness (QED) is 0.0418. The van der Waals surface area contributed by atoms with E-state index < -0.39 is 53.3 Å². The first kappa shape index (κ1) is 60.7. The van der Waals surface area contributed by atoms with Crippen molar-refractivity contribution < 1.29 is 52.3 Å². The minimum Gasteiger partial charge on any atom is -0.456 e. The van der Waals surface area contributed by atoms with Gasteiger partial charge in [0.2, 0.25) is 0 Å². The van der Waals surface area contributed by atoms with Gasteiger partial charge in [-0.1, -0.05) is 54.7 Å². The number of benzene rings is 4. The number of piperidine rings is 1. The Kier molecular flexibility index (Phi) is 19.3. The Labute approximate surface area is 498 Å². The summed E-state index contributed by atoms with van der Waals surface area (Å²) in [6.45, 7) is 6.84. The molecule has 23 nitrogen and oxygen atoms in total. The minimum atomic E-state index is -1.42. The van der Waals surface area contributed by atoms with E-state index in [-0.39, 0.29) is 37.4 Å². The van der Waals surface area contributed by atoms with Gasteiger partial charge < -0.3 is 57.9 Å². The highest BCUT2D eigenvalue weighted by atomic mass is 16.7. The SMILES string of the molecule is CC[C@H]1O[C@@H](n2cc(C#CCNC(=O)c3ccc4c(c3)C3(OC4=O)c4ccc(N(C)C)cc4Oc4cc(N(C)C)ccc43)c(=O)[nH]c2=O)CC1OC(=O)OCCN(Cc1ccc(-c2cn(COCCOCCOC)nn2)cc1)CC1CCCCN1C. The third-order valence-electron chi connectivity index (χ3n) is 16.0. The number of fused-ring (bicyclic) bond motifs is 6. The van der Waals surface area contributed by atoms with Crippen LogP contribution in [0.3, 0.4) is 0 Å². The van der Waals surface area contributed by atoms with E-state index in [1.165, 1.54) is 10.8 Å². The number of esters is 1. The highest BCUT2D eigenvalue weighted by Crippen LogP contribution is 2.57. The van der Waals surface area contributed by atoms with E-state index in [1.807, 2.05) is 99.6 Å². The van der Waals surface area contributed by atoms with Gasteiger partial charge in [-0.15, -0.1) is 5.10 Å². The zero-order valence-corrected chi connectivity index (χ0v) is 49.7. The lowest BCUT2D eigenvalue weighted by molar-refractivity contribution is -0.0385. The van der Waals surface area contributed by atoms with Gasteiger partial charge in [-0.05, 0) is 80.9 Å². The van der Waals surface area contributed by atoms with Crippen molar-refractivity contribution in [2.75, 3.05) is 111 Å². The maximum Gasteiger partial charge on any atom is 0.508 e. The minimum absolute atomic E-state index is 0.0521. The first-order chi connectivity index (χ1) is 41.6. The largest absolute Gasteiger partial charge is 0.508 e. The Balaban J connectivity index is 0.750. The Morgan fingerprint density at radius 2 is 1.59 bits per heavy atom. The molecule has 2 saturated heterocycles. The van der Waals surface area contributed by atoms with Crippen LogP contribution >= 0.6 is 0 Å². The summed E-state index contributed by atoms with van der Waals surface area (Å²) in [5, 5.41) is 11.3. The number of likely N-dealkylation sites (tertiary alicyclic amines) is 1. The fourth-order valence-electron chi connectivity index (χ4n) is 11.3. The van der Waals surface area contributed by atoms with Crippen molar-refractivity contribution in [3.05, 3.63) is 151 Å². The van der Waals surface area contributed by atoms with Crippen molar-refractivity contribution in [1.29, 1.82) is 0 Å². The molecule has 0 bridgehead atoms. The molecule has 6 aromatic rings. The monoisotopic (exact) mass is 1180 g/mol. The highest BCUT2D eigenvalue weighted by Gasteiger charge is 2.54. The lowest BCUT2D eigenvalue weighted by Crippen LogP contribution is -2.45. The van der Waals surface area contributed by atoms with Crippen molar-refractivity contribution in [3.63, 3.8) is 0 Å².